The standard InChI is InChI=1S/C15H23N3O3/c1-10(2)8-17-9-12-6-4-5-7-13(12)21-11(3)14(19)18-15(16)20/h4-7,10-11,17H,8-9H2,1-3H3,(H3,16,18,19,20). The normalized spacial score (nSPS) is 12.0. The molecule has 0 radical (unpaired) electrons. The summed E-state index contributed by atoms with van der Waals surface area (Å²) in [5.74, 6) is 0.603. The Labute approximate surface area is 125 Å². The molecule has 0 aliphatic rings. The number of urea groups is 1. The highest BCUT2D eigenvalue weighted by atomic mass is 16.5. The second-order valence-electron chi connectivity index (χ2n) is 5.25. The minimum atomic E-state index is -0.887. The summed E-state index contributed by atoms with van der Waals surface area (Å²) in [7, 11) is 0. The van der Waals surface area contributed by atoms with Crippen LogP contribution in [0.5, 0.6) is 5.75 Å². The van der Waals surface area contributed by atoms with Gasteiger partial charge in [0, 0.05) is 12.1 Å². The minimum absolute atomic E-state index is 0.554. The van der Waals surface area contributed by atoms with Gasteiger partial charge in [-0.3, -0.25) is 10.1 Å². The number of para-hydroxylation sites is 1. The second kappa shape index (κ2) is 8.26. The van der Waals surface area contributed by atoms with E-state index >= 15 is 0 Å². The Kier molecular flexibility index (Phi) is 6.68. The third-order valence-electron chi connectivity index (χ3n) is 2.76. The molecule has 1 atom stereocenters. The summed E-state index contributed by atoms with van der Waals surface area (Å²) in [4.78, 5) is 22.3. The molecule has 1 aromatic carbocycles. The maximum absolute atomic E-state index is 11.6. The van der Waals surface area contributed by atoms with E-state index < -0.39 is 18.0 Å². The molecule has 0 fully saturated rings. The Morgan fingerprint density at radius 3 is 2.52 bits per heavy atom. The number of amides is 3. The lowest BCUT2D eigenvalue weighted by molar-refractivity contribution is -0.126. The predicted molar refractivity (Wildman–Crippen MR) is 80.8 cm³/mol. The van der Waals surface area contributed by atoms with Gasteiger partial charge in [0.15, 0.2) is 6.10 Å². The summed E-state index contributed by atoms with van der Waals surface area (Å²) in [6.45, 7) is 7.37. The quantitative estimate of drug-likeness (QED) is 0.708. The molecule has 0 saturated heterocycles. The Bertz CT molecular complexity index is 489. The van der Waals surface area contributed by atoms with E-state index in [1.165, 1.54) is 0 Å². The highest BCUT2D eigenvalue weighted by Gasteiger charge is 2.17. The van der Waals surface area contributed by atoms with Crippen LogP contribution in [0.1, 0.15) is 26.3 Å². The van der Waals surface area contributed by atoms with Gasteiger partial charge < -0.3 is 15.8 Å². The van der Waals surface area contributed by atoms with Gasteiger partial charge in [-0.05, 0) is 25.5 Å². The van der Waals surface area contributed by atoms with E-state index in [4.69, 9.17) is 10.5 Å². The SMILES string of the molecule is CC(C)CNCc1ccccc1OC(C)C(=O)NC(N)=O. The summed E-state index contributed by atoms with van der Waals surface area (Å²) >= 11 is 0. The molecular formula is C15H23N3O3. The van der Waals surface area contributed by atoms with Crippen LogP contribution in [-0.2, 0) is 11.3 Å². The van der Waals surface area contributed by atoms with Crippen molar-refractivity contribution in [2.75, 3.05) is 6.54 Å². The highest BCUT2D eigenvalue weighted by molar-refractivity contribution is 5.95. The van der Waals surface area contributed by atoms with Gasteiger partial charge in [0.25, 0.3) is 5.91 Å². The van der Waals surface area contributed by atoms with Crippen LogP contribution >= 0.6 is 0 Å². The van der Waals surface area contributed by atoms with Crippen molar-refractivity contribution < 1.29 is 14.3 Å². The lowest BCUT2D eigenvalue weighted by Crippen LogP contribution is -2.42. The molecule has 116 valence electrons. The second-order valence-corrected chi connectivity index (χ2v) is 5.25. The summed E-state index contributed by atoms with van der Waals surface area (Å²) in [5, 5.41) is 5.32. The van der Waals surface area contributed by atoms with Crippen LogP contribution in [0, 0.1) is 5.92 Å². The summed E-state index contributed by atoms with van der Waals surface area (Å²) < 4.78 is 5.61. The van der Waals surface area contributed by atoms with Crippen LogP contribution in [0.15, 0.2) is 24.3 Å². The molecule has 21 heavy (non-hydrogen) atoms. The number of rotatable bonds is 7. The molecule has 1 aromatic rings. The molecule has 0 aliphatic carbocycles. The van der Waals surface area contributed by atoms with Gasteiger partial charge in [-0.1, -0.05) is 32.0 Å². The smallest absolute Gasteiger partial charge is 0.318 e. The largest absolute Gasteiger partial charge is 0.481 e. The van der Waals surface area contributed by atoms with E-state index in [9.17, 15) is 9.59 Å². The molecule has 0 saturated carbocycles. The maximum atomic E-state index is 11.6. The van der Waals surface area contributed by atoms with Gasteiger partial charge >= 0.3 is 6.03 Å². The Balaban J connectivity index is 2.65. The van der Waals surface area contributed by atoms with Crippen LogP contribution in [0.2, 0.25) is 0 Å². The first kappa shape index (κ1) is 17.0. The number of carbonyl (C=O) groups is 2. The number of benzene rings is 1. The molecule has 0 aromatic heterocycles. The van der Waals surface area contributed by atoms with E-state index in [-0.39, 0.29) is 0 Å². The number of imide groups is 1. The van der Waals surface area contributed by atoms with Crippen LogP contribution in [0.3, 0.4) is 0 Å². The molecule has 6 nitrogen and oxygen atoms in total. The van der Waals surface area contributed by atoms with E-state index in [2.05, 4.69) is 19.2 Å². The van der Waals surface area contributed by atoms with Gasteiger partial charge in [-0.15, -0.1) is 0 Å². The fourth-order valence-corrected chi connectivity index (χ4v) is 1.73. The Hall–Kier alpha value is -2.08. The van der Waals surface area contributed by atoms with Gasteiger partial charge in [-0.25, -0.2) is 4.79 Å². The molecule has 4 N–H and O–H groups in total. The van der Waals surface area contributed by atoms with Crippen molar-refractivity contribution >= 4 is 11.9 Å². The highest BCUT2D eigenvalue weighted by Crippen LogP contribution is 2.19. The molecule has 0 heterocycles. The third kappa shape index (κ3) is 6.27. The van der Waals surface area contributed by atoms with E-state index in [0.717, 1.165) is 12.1 Å². The van der Waals surface area contributed by atoms with Crippen molar-refractivity contribution in [1.29, 1.82) is 0 Å². The summed E-state index contributed by atoms with van der Waals surface area (Å²) in [5.41, 5.74) is 5.87. The van der Waals surface area contributed by atoms with Crippen molar-refractivity contribution in [1.82, 2.24) is 10.6 Å². The van der Waals surface area contributed by atoms with Crippen molar-refractivity contribution in [3.05, 3.63) is 29.8 Å². The van der Waals surface area contributed by atoms with Gasteiger partial charge in [0.1, 0.15) is 5.75 Å². The van der Waals surface area contributed by atoms with Crippen LogP contribution in [-0.4, -0.2) is 24.6 Å². The third-order valence-corrected chi connectivity index (χ3v) is 2.76. The van der Waals surface area contributed by atoms with Crippen molar-refractivity contribution in [3.8, 4) is 5.75 Å². The molecule has 3 amide bonds. The van der Waals surface area contributed by atoms with Crippen LogP contribution in [0.25, 0.3) is 0 Å². The fourth-order valence-electron chi connectivity index (χ4n) is 1.73. The van der Waals surface area contributed by atoms with Crippen LogP contribution in [0.4, 0.5) is 4.79 Å². The molecule has 0 aliphatic heterocycles. The topological polar surface area (TPSA) is 93.4 Å². The predicted octanol–water partition coefficient (Wildman–Crippen LogP) is 1.39. The van der Waals surface area contributed by atoms with Crippen molar-refractivity contribution in [2.45, 2.75) is 33.4 Å². The maximum Gasteiger partial charge on any atom is 0.318 e. The number of hydrogen-bond donors (Lipinski definition) is 3. The lowest BCUT2D eigenvalue weighted by Gasteiger charge is -2.17. The average Bonchev–Trinajstić information content (AvgIpc) is 2.39. The zero-order valence-electron chi connectivity index (χ0n) is 12.7. The molecule has 6 heteroatoms. The lowest BCUT2D eigenvalue weighted by atomic mass is 10.1. The van der Waals surface area contributed by atoms with Crippen molar-refractivity contribution in [3.63, 3.8) is 0 Å². The number of ether oxygens (including phenoxy) is 1. The summed E-state index contributed by atoms with van der Waals surface area (Å²) in [6.07, 6.45) is -0.802. The fraction of sp³-hybridized carbons (Fsp3) is 0.467. The Morgan fingerprint density at radius 2 is 1.90 bits per heavy atom. The first-order chi connectivity index (χ1) is 9.90. The van der Waals surface area contributed by atoms with E-state index in [1.54, 1.807) is 13.0 Å². The number of nitrogens with two attached hydrogens (primary N) is 1. The average molecular weight is 293 g/mol. The van der Waals surface area contributed by atoms with Gasteiger partial charge in [0.05, 0.1) is 0 Å². The molecule has 1 rings (SSSR count). The minimum Gasteiger partial charge on any atom is -0.481 e. The molecular weight excluding hydrogens is 270 g/mol. The number of primary amides is 1. The van der Waals surface area contributed by atoms with E-state index in [0.29, 0.717) is 18.2 Å². The van der Waals surface area contributed by atoms with Crippen LogP contribution < -0.4 is 21.1 Å². The first-order valence-electron chi connectivity index (χ1n) is 6.95. The van der Waals surface area contributed by atoms with Gasteiger partial charge in [-0.2, -0.15) is 0 Å². The Morgan fingerprint density at radius 1 is 1.24 bits per heavy atom. The van der Waals surface area contributed by atoms with E-state index in [1.807, 2.05) is 23.5 Å². The van der Waals surface area contributed by atoms with Gasteiger partial charge in [0.2, 0.25) is 0 Å². The number of carbonyl (C=O) groups excluding carboxylic acids is 2. The zero-order chi connectivity index (χ0) is 15.8. The number of hydrogen-bond acceptors (Lipinski definition) is 4. The molecule has 1 unspecified atom stereocenters. The van der Waals surface area contributed by atoms with Crippen molar-refractivity contribution in [2.24, 2.45) is 11.7 Å². The first-order valence-corrected chi connectivity index (χ1v) is 6.95. The monoisotopic (exact) mass is 293 g/mol. The summed E-state index contributed by atoms with van der Waals surface area (Å²) in [6, 6.07) is 6.58. The number of nitrogens with one attached hydrogen (secondary N) is 2. The zero-order valence-corrected chi connectivity index (χ0v) is 12.7. The molecule has 0 bridgehead atoms. The molecule has 0 spiro atoms.